The standard InChI is InChI=1S/C5H6O.C4H4N2/c1-2-4-6-5-3-1;1-2-6-4-3-5-1/h1-4H,5H2;1-4H. The summed E-state index contributed by atoms with van der Waals surface area (Å²) in [7, 11) is 0. The first-order valence-corrected chi connectivity index (χ1v) is 3.63. The van der Waals surface area contributed by atoms with E-state index >= 15 is 0 Å². The normalized spacial score (nSPS) is 12.7. The first-order chi connectivity index (χ1) is 6.00. The Bertz CT molecular complexity index is 205. The summed E-state index contributed by atoms with van der Waals surface area (Å²) in [5.74, 6) is 0. The smallest absolute Gasteiger partial charge is 0.106 e. The van der Waals surface area contributed by atoms with Gasteiger partial charge in [-0.25, -0.2) is 0 Å². The molecule has 1 aromatic heterocycles. The minimum atomic E-state index is 0.733. The van der Waals surface area contributed by atoms with Crippen LogP contribution < -0.4 is 0 Å². The van der Waals surface area contributed by atoms with Crippen molar-refractivity contribution in [2.24, 2.45) is 0 Å². The summed E-state index contributed by atoms with van der Waals surface area (Å²) in [6.45, 7) is 0.733. The molecule has 1 aliphatic rings. The number of nitrogens with zero attached hydrogens (tertiary/aromatic N) is 2. The maximum atomic E-state index is 4.80. The monoisotopic (exact) mass is 162 g/mol. The van der Waals surface area contributed by atoms with E-state index in [1.165, 1.54) is 0 Å². The molecule has 3 heteroatoms. The zero-order valence-electron chi connectivity index (χ0n) is 6.63. The van der Waals surface area contributed by atoms with E-state index < -0.39 is 0 Å². The van der Waals surface area contributed by atoms with Gasteiger partial charge in [0.15, 0.2) is 0 Å². The zero-order valence-corrected chi connectivity index (χ0v) is 6.63. The number of aromatic nitrogens is 2. The number of hydrogen-bond donors (Lipinski definition) is 0. The van der Waals surface area contributed by atoms with Gasteiger partial charge in [0.25, 0.3) is 0 Å². The molecule has 2 rings (SSSR count). The molecular formula is C9H10N2O. The highest BCUT2D eigenvalue weighted by Crippen LogP contribution is 1.87. The Morgan fingerprint density at radius 2 is 1.58 bits per heavy atom. The SMILES string of the molecule is C1=CCOC=C1.c1cnccn1. The Morgan fingerprint density at radius 3 is 1.75 bits per heavy atom. The lowest BCUT2D eigenvalue weighted by molar-refractivity contribution is 0.286. The second kappa shape index (κ2) is 6.09. The van der Waals surface area contributed by atoms with Crippen LogP contribution in [0, 0.1) is 0 Å². The Kier molecular flexibility index (Phi) is 4.30. The van der Waals surface area contributed by atoms with Crippen molar-refractivity contribution in [1.82, 2.24) is 9.97 Å². The zero-order chi connectivity index (χ0) is 8.49. The molecule has 0 N–H and O–H groups in total. The van der Waals surface area contributed by atoms with Crippen LogP contribution in [0.25, 0.3) is 0 Å². The topological polar surface area (TPSA) is 35.0 Å². The van der Waals surface area contributed by atoms with Crippen LogP contribution in [0.2, 0.25) is 0 Å². The van der Waals surface area contributed by atoms with Crippen molar-refractivity contribution >= 4 is 0 Å². The quantitative estimate of drug-likeness (QED) is 0.580. The molecule has 0 fully saturated rings. The highest BCUT2D eigenvalue weighted by Gasteiger charge is 1.75. The van der Waals surface area contributed by atoms with Crippen molar-refractivity contribution in [3.05, 3.63) is 49.3 Å². The van der Waals surface area contributed by atoms with E-state index in [1.807, 2.05) is 18.2 Å². The van der Waals surface area contributed by atoms with Gasteiger partial charge in [0.2, 0.25) is 0 Å². The van der Waals surface area contributed by atoms with E-state index in [-0.39, 0.29) is 0 Å². The average Bonchev–Trinajstić information content (AvgIpc) is 2.24. The van der Waals surface area contributed by atoms with E-state index in [4.69, 9.17) is 4.74 Å². The molecule has 0 saturated heterocycles. The van der Waals surface area contributed by atoms with Crippen molar-refractivity contribution in [1.29, 1.82) is 0 Å². The fourth-order valence-electron chi connectivity index (χ4n) is 0.599. The van der Waals surface area contributed by atoms with Gasteiger partial charge in [-0.15, -0.1) is 0 Å². The number of allylic oxidation sites excluding steroid dienone is 2. The van der Waals surface area contributed by atoms with Crippen molar-refractivity contribution in [3.8, 4) is 0 Å². The molecule has 0 spiro atoms. The minimum absolute atomic E-state index is 0.733. The maximum absolute atomic E-state index is 4.80. The lowest BCUT2D eigenvalue weighted by Crippen LogP contribution is -1.82. The summed E-state index contributed by atoms with van der Waals surface area (Å²) in [4.78, 5) is 7.44. The van der Waals surface area contributed by atoms with Gasteiger partial charge >= 0.3 is 0 Å². The Hall–Kier alpha value is -1.64. The molecule has 2 heterocycles. The van der Waals surface area contributed by atoms with Crippen LogP contribution in [-0.2, 0) is 4.74 Å². The molecule has 0 aromatic carbocycles. The Labute approximate surface area is 71.4 Å². The largest absolute Gasteiger partial charge is 0.497 e. The lowest BCUT2D eigenvalue weighted by atomic mass is 10.5. The molecule has 0 radical (unpaired) electrons. The summed E-state index contributed by atoms with van der Waals surface area (Å²) in [5, 5.41) is 0. The van der Waals surface area contributed by atoms with Gasteiger partial charge in [-0.05, 0) is 12.2 Å². The van der Waals surface area contributed by atoms with E-state index in [0.717, 1.165) is 6.61 Å². The molecule has 0 saturated carbocycles. The molecule has 3 nitrogen and oxygen atoms in total. The van der Waals surface area contributed by atoms with E-state index in [1.54, 1.807) is 31.0 Å². The van der Waals surface area contributed by atoms with Gasteiger partial charge in [-0.3, -0.25) is 9.97 Å². The number of rotatable bonds is 0. The van der Waals surface area contributed by atoms with Crippen molar-refractivity contribution < 1.29 is 4.74 Å². The van der Waals surface area contributed by atoms with Crippen LogP contribution >= 0.6 is 0 Å². The molecule has 0 bridgehead atoms. The third-order valence-electron chi connectivity index (χ3n) is 1.09. The van der Waals surface area contributed by atoms with Crippen molar-refractivity contribution in [3.63, 3.8) is 0 Å². The second-order valence-corrected chi connectivity index (χ2v) is 1.98. The third kappa shape index (κ3) is 4.22. The van der Waals surface area contributed by atoms with Crippen LogP contribution in [-0.4, -0.2) is 16.6 Å². The second-order valence-electron chi connectivity index (χ2n) is 1.98. The summed E-state index contributed by atoms with van der Waals surface area (Å²) in [6.07, 6.45) is 14.0. The molecule has 1 aromatic rings. The van der Waals surface area contributed by atoms with Gasteiger partial charge in [-0.2, -0.15) is 0 Å². The minimum Gasteiger partial charge on any atom is -0.497 e. The lowest BCUT2D eigenvalue weighted by Gasteiger charge is -1.94. The third-order valence-corrected chi connectivity index (χ3v) is 1.09. The average molecular weight is 162 g/mol. The van der Waals surface area contributed by atoms with Crippen LogP contribution in [0.3, 0.4) is 0 Å². The summed E-state index contributed by atoms with van der Waals surface area (Å²) in [6, 6.07) is 0. The first kappa shape index (κ1) is 8.46. The summed E-state index contributed by atoms with van der Waals surface area (Å²) >= 11 is 0. The molecule has 62 valence electrons. The predicted molar refractivity (Wildman–Crippen MR) is 46.3 cm³/mol. The Morgan fingerprint density at radius 1 is 0.917 bits per heavy atom. The van der Waals surface area contributed by atoms with Crippen LogP contribution in [0.1, 0.15) is 0 Å². The summed E-state index contributed by atoms with van der Waals surface area (Å²) in [5.41, 5.74) is 0. The molecular weight excluding hydrogens is 152 g/mol. The highest BCUT2D eigenvalue weighted by atomic mass is 16.5. The van der Waals surface area contributed by atoms with Crippen LogP contribution in [0.15, 0.2) is 49.3 Å². The van der Waals surface area contributed by atoms with E-state index in [9.17, 15) is 0 Å². The summed E-state index contributed by atoms with van der Waals surface area (Å²) < 4.78 is 4.80. The molecule has 0 aliphatic carbocycles. The fraction of sp³-hybridized carbons (Fsp3) is 0.111. The van der Waals surface area contributed by atoms with Crippen LogP contribution in [0.5, 0.6) is 0 Å². The first-order valence-electron chi connectivity index (χ1n) is 3.63. The number of hydrogen-bond acceptors (Lipinski definition) is 3. The van der Waals surface area contributed by atoms with Crippen LogP contribution in [0.4, 0.5) is 0 Å². The highest BCUT2D eigenvalue weighted by molar-refractivity contribution is 5.02. The van der Waals surface area contributed by atoms with Gasteiger partial charge < -0.3 is 4.74 Å². The van der Waals surface area contributed by atoms with Gasteiger partial charge in [0.05, 0.1) is 6.26 Å². The maximum Gasteiger partial charge on any atom is 0.106 e. The molecule has 0 amide bonds. The molecule has 1 aliphatic heterocycles. The van der Waals surface area contributed by atoms with E-state index in [0.29, 0.717) is 0 Å². The Balaban J connectivity index is 0.000000120. The van der Waals surface area contributed by atoms with Gasteiger partial charge in [-0.1, -0.05) is 6.08 Å². The number of ether oxygens (including phenoxy) is 1. The predicted octanol–water partition coefficient (Wildman–Crippen LogP) is 1.56. The van der Waals surface area contributed by atoms with Gasteiger partial charge in [0.1, 0.15) is 6.61 Å². The van der Waals surface area contributed by atoms with Crippen molar-refractivity contribution in [2.75, 3.05) is 6.61 Å². The molecule has 12 heavy (non-hydrogen) atoms. The van der Waals surface area contributed by atoms with E-state index in [2.05, 4.69) is 9.97 Å². The van der Waals surface area contributed by atoms with Gasteiger partial charge in [0, 0.05) is 24.8 Å². The fourth-order valence-corrected chi connectivity index (χ4v) is 0.599. The molecule has 0 atom stereocenters. The van der Waals surface area contributed by atoms with Crippen molar-refractivity contribution in [2.45, 2.75) is 0 Å². The molecule has 0 unspecified atom stereocenters.